The highest BCUT2D eigenvalue weighted by Gasteiger charge is 2.19. The predicted molar refractivity (Wildman–Crippen MR) is 72.7 cm³/mol. The molecule has 1 N–H and O–H groups in total. The van der Waals surface area contributed by atoms with Gasteiger partial charge in [-0.15, -0.1) is 0 Å². The van der Waals surface area contributed by atoms with Crippen LogP contribution >= 0.6 is 0 Å². The number of carbonyl (C=O) groups is 1. The lowest BCUT2D eigenvalue weighted by Crippen LogP contribution is -2.34. The number of aromatic hydroxyl groups is 1. The fourth-order valence-electron chi connectivity index (χ4n) is 1.75. The molecule has 0 spiro atoms. The number of phenols is 1. The molecule has 0 aliphatic heterocycles. The van der Waals surface area contributed by atoms with Gasteiger partial charge in [0.05, 0.1) is 19.3 Å². The molecular weight excluding hydrogens is 246 g/mol. The van der Waals surface area contributed by atoms with E-state index in [1.807, 2.05) is 13.8 Å². The molecule has 1 aromatic rings. The van der Waals surface area contributed by atoms with Crippen LogP contribution in [0, 0.1) is 0 Å². The second-order valence-electron chi connectivity index (χ2n) is 3.94. The fourth-order valence-corrected chi connectivity index (χ4v) is 1.75. The normalized spacial score (nSPS) is 10.3. The Bertz CT molecular complexity index is 420. The number of hydrogen-bond acceptors (Lipinski definition) is 4. The largest absolute Gasteiger partial charge is 0.504 e. The van der Waals surface area contributed by atoms with E-state index in [4.69, 9.17) is 9.47 Å². The van der Waals surface area contributed by atoms with Crippen LogP contribution in [-0.4, -0.2) is 49.3 Å². The summed E-state index contributed by atoms with van der Waals surface area (Å²) in [5.74, 6) is -0.0461. The van der Waals surface area contributed by atoms with Crippen molar-refractivity contribution in [2.75, 3.05) is 33.4 Å². The summed E-state index contributed by atoms with van der Waals surface area (Å²) in [6, 6.07) is 4.88. The van der Waals surface area contributed by atoms with Gasteiger partial charge in [0.25, 0.3) is 5.91 Å². The maximum absolute atomic E-state index is 12.3. The summed E-state index contributed by atoms with van der Waals surface area (Å²) in [4.78, 5) is 13.9. The number of methoxy groups -OCH3 is 1. The molecule has 0 heterocycles. The molecule has 0 atom stereocenters. The Morgan fingerprint density at radius 2 is 2.11 bits per heavy atom. The molecule has 0 unspecified atom stereocenters. The molecule has 0 fully saturated rings. The van der Waals surface area contributed by atoms with Crippen molar-refractivity contribution >= 4 is 5.91 Å². The number of benzene rings is 1. The first kappa shape index (κ1) is 15.3. The van der Waals surface area contributed by atoms with Crippen LogP contribution in [0.2, 0.25) is 0 Å². The minimum Gasteiger partial charge on any atom is -0.504 e. The quantitative estimate of drug-likeness (QED) is 0.767. The lowest BCUT2D eigenvalue weighted by molar-refractivity contribution is 0.0666. The predicted octanol–water partition coefficient (Wildman–Crippen LogP) is 1.90. The van der Waals surface area contributed by atoms with Crippen molar-refractivity contribution in [1.82, 2.24) is 4.90 Å². The zero-order valence-corrected chi connectivity index (χ0v) is 11.7. The SMILES string of the molecule is CCOCCN(CC)C(=O)c1cccc(OC)c1O. The van der Waals surface area contributed by atoms with Crippen LogP contribution in [0.25, 0.3) is 0 Å². The van der Waals surface area contributed by atoms with Crippen LogP contribution in [0.1, 0.15) is 24.2 Å². The Balaban J connectivity index is 2.85. The molecule has 0 aliphatic rings. The number of hydrogen-bond donors (Lipinski definition) is 1. The highest BCUT2D eigenvalue weighted by atomic mass is 16.5. The van der Waals surface area contributed by atoms with E-state index in [0.29, 0.717) is 32.1 Å². The standard InChI is InChI=1S/C14H21NO4/c1-4-15(9-10-19-5-2)14(17)11-7-6-8-12(18-3)13(11)16/h6-8,16H,4-5,9-10H2,1-3H3. The van der Waals surface area contributed by atoms with Crippen molar-refractivity contribution < 1.29 is 19.4 Å². The Kier molecular flexibility index (Phi) is 6.15. The van der Waals surface area contributed by atoms with Gasteiger partial charge < -0.3 is 19.5 Å². The van der Waals surface area contributed by atoms with Gasteiger partial charge in [-0.2, -0.15) is 0 Å². The molecule has 0 saturated carbocycles. The third-order valence-corrected chi connectivity index (χ3v) is 2.83. The number of para-hydroxylation sites is 1. The number of rotatable bonds is 7. The smallest absolute Gasteiger partial charge is 0.257 e. The van der Waals surface area contributed by atoms with Gasteiger partial charge in [-0.05, 0) is 26.0 Å². The Hall–Kier alpha value is -1.75. The number of ether oxygens (including phenoxy) is 2. The summed E-state index contributed by atoms with van der Waals surface area (Å²) in [6.45, 7) is 5.96. The van der Waals surface area contributed by atoms with Gasteiger partial charge in [-0.3, -0.25) is 4.79 Å². The number of nitrogens with zero attached hydrogens (tertiary/aromatic N) is 1. The van der Waals surface area contributed by atoms with Gasteiger partial charge in [0.15, 0.2) is 11.5 Å². The number of amides is 1. The van der Waals surface area contributed by atoms with E-state index < -0.39 is 0 Å². The highest BCUT2D eigenvalue weighted by Crippen LogP contribution is 2.30. The van der Waals surface area contributed by atoms with Gasteiger partial charge in [0.2, 0.25) is 0 Å². The average Bonchev–Trinajstić information content (AvgIpc) is 2.43. The zero-order chi connectivity index (χ0) is 14.3. The zero-order valence-electron chi connectivity index (χ0n) is 11.7. The van der Waals surface area contributed by atoms with Crippen molar-refractivity contribution in [3.8, 4) is 11.5 Å². The molecule has 5 heteroatoms. The summed E-state index contributed by atoms with van der Waals surface area (Å²) in [7, 11) is 1.45. The third-order valence-electron chi connectivity index (χ3n) is 2.83. The van der Waals surface area contributed by atoms with Crippen molar-refractivity contribution in [3.05, 3.63) is 23.8 Å². The molecule has 1 amide bonds. The van der Waals surface area contributed by atoms with Crippen LogP contribution < -0.4 is 4.74 Å². The van der Waals surface area contributed by atoms with Crippen LogP contribution in [0.5, 0.6) is 11.5 Å². The van der Waals surface area contributed by atoms with E-state index in [9.17, 15) is 9.90 Å². The summed E-state index contributed by atoms with van der Waals surface area (Å²) < 4.78 is 10.2. The number of carbonyl (C=O) groups excluding carboxylic acids is 1. The molecule has 5 nitrogen and oxygen atoms in total. The fraction of sp³-hybridized carbons (Fsp3) is 0.500. The molecule has 0 aliphatic carbocycles. The first-order valence-corrected chi connectivity index (χ1v) is 6.38. The molecule has 106 valence electrons. The first-order chi connectivity index (χ1) is 9.15. The summed E-state index contributed by atoms with van der Waals surface area (Å²) in [6.07, 6.45) is 0. The summed E-state index contributed by atoms with van der Waals surface area (Å²) in [5, 5.41) is 9.97. The van der Waals surface area contributed by atoms with Gasteiger partial charge in [0.1, 0.15) is 0 Å². The molecule has 1 aromatic carbocycles. The van der Waals surface area contributed by atoms with Crippen molar-refractivity contribution in [2.24, 2.45) is 0 Å². The van der Waals surface area contributed by atoms with Crippen LogP contribution in [0.4, 0.5) is 0 Å². The lowest BCUT2D eigenvalue weighted by Gasteiger charge is -2.21. The van der Waals surface area contributed by atoms with Gasteiger partial charge >= 0.3 is 0 Å². The van der Waals surface area contributed by atoms with E-state index in [1.165, 1.54) is 7.11 Å². The van der Waals surface area contributed by atoms with Crippen LogP contribution in [0.15, 0.2) is 18.2 Å². The van der Waals surface area contributed by atoms with E-state index in [2.05, 4.69) is 0 Å². The Morgan fingerprint density at radius 3 is 2.68 bits per heavy atom. The Morgan fingerprint density at radius 1 is 1.37 bits per heavy atom. The Labute approximate surface area is 113 Å². The van der Waals surface area contributed by atoms with Crippen molar-refractivity contribution in [1.29, 1.82) is 0 Å². The third kappa shape index (κ3) is 3.86. The lowest BCUT2D eigenvalue weighted by atomic mass is 10.1. The maximum atomic E-state index is 12.3. The van der Waals surface area contributed by atoms with E-state index in [0.717, 1.165) is 0 Å². The minimum atomic E-state index is -0.224. The monoisotopic (exact) mass is 267 g/mol. The first-order valence-electron chi connectivity index (χ1n) is 6.38. The average molecular weight is 267 g/mol. The van der Waals surface area contributed by atoms with Gasteiger partial charge in [0, 0.05) is 19.7 Å². The molecule has 0 bridgehead atoms. The number of likely N-dealkylation sites (N-methyl/N-ethyl adjacent to an activating group) is 1. The van der Waals surface area contributed by atoms with Gasteiger partial charge in [-0.25, -0.2) is 0 Å². The topological polar surface area (TPSA) is 59.0 Å². The molecule has 0 aromatic heterocycles. The van der Waals surface area contributed by atoms with Crippen molar-refractivity contribution in [3.63, 3.8) is 0 Å². The number of phenolic OH excluding ortho intramolecular Hbond substituents is 1. The molecule has 0 saturated heterocycles. The van der Waals surface area contributed by atoms with Gasteiger partial charge in [-0.1, -0.05) is 6.07 Å². The van der Waals surface area contributed by atoms with E-state index in [1.54, 1.807) is 23.1 Å². The second-order valence-corrected chi connectivity index (χ2v) is 3.94. The maximum Gasteiger partial charge on any atom is 0.257 e. The molecular formula is C14H21NO4. The highest BCUT2D eigenvalue weighted by molar-refractivity contribution is 5.97. The molecule has 19 heavy (non-hydrogen) atoms. The minimum absolute atomic E-state index is 0.121. The van der Waals surface area contributed by atoms with Crippen LogP contribution in [0.3, 0.4) is 0 Å². The van der Waals surface area contributed by atoms with Crippen LogP contribution in [-0.2, 0) is 4.74 Å². The molecule has 0 radical (unpaired) electrons. The van der Waals surface area contributed by atoms with E-state index in [-0.39, 0.29) is 17.2 Å². The summed E-state index contributed by atoms with van der Waals surface area (Å²) in [5.41, 5.74) is 0.248. The second kappa shape index (κ2) is 7.63. The molecule has 1 rings (SSSR count). The van der Waals surface area contributed by atoms with Crippen molar-refractivity contribution in [2.45, 2.75) is 13.8 Å². The summed E-state index contributed by atoms with van der Waals surface area (Å²) >= 11 is 0. The van der Waals surface area contributed by atoms with E-state index >= 15 is 0 Å².